The van der Waals surface area contributed by atoms with Gasteiger partial charge in [-0.2, -0.15) is 0 Å². The summed E-state index contributed by atoms with van der Waals surface area (Å²) in [5.74, 6) is 0. The van der Waals surface area contributed by atoms with Crippen LogP contribution >= 0.6 is 11.8 Å². The highest BCUT2D eigenvalue weighted by Gasteiger charge is 2.49. The highest BCUT2D eigenvalue weighted by Crippen LogP contribution is 2.36. The Labute approximate surface area is 135 Å². The van der Waals surface area contributed by atoms with Crippen molar-refractivity contribution in [2.45, 2.75) is 59.7 Å². The Kier molecular flexibility index (Phi) is 6.61. The van der Waals surface area contributed by atoms with Gasteiger partial charge in [-0.1, -0.05) is 11.8 Å². The summed E-state index contributed by atoms with van der Waals surface area (Å²) < 4.78 is 10.5. The van der Waals surface area contributed by atoms with Crippen LogP contribution in [0.5, 0.6) is 0 Å². The predicted octanol–water partition coefficient (Wildman–Crippen LogP) is -4.68. The molecule has 2 fully saturated rings. The lowest BCUT2D eigenvalue weighted by atomic mass is 10.0. The molecule has 0 aromatic rings. The molecule has 0 bridgehead atoms. The molecule has 2 rings (SSSR count). The molecule has 136 valence electrons. The third kappa shape index (κ3) is 3.80. The molecule has 0 aromatic carbocycles. The van der Waals surface area contributed by atoms with Crippen LogP contribution in [-0.2, 0) is 9.47 Å². The summed E-state index contributed by atoms with van der Waals surface area (Å²) in [4.78, 5) is 0. The number of thioether (sulfide) groups is 1. The second kappa shape index (κ2) is 7.89. The first kappa shape index (κ1) is 19.3. The monoisotopic (exact) mass is 358 g/mol. The predicted molar refractivity (Wildman–Crippen MR) is 75.1 cm³/mol. The van der Waals surface area contributed by atoms with E-state index in [-0.39, 0.29) is 0 Å². The van der Waals surface area contributed by atoms with E-state index in [0.717, 1.165) is 0 Å². The van der Waals surface area contributed by atoms with E-state index in [1.807, 2.05) is 0 Å². The van der Waals surface area contributed by atoms with Crippen molar-refractivity contribution in [3.63, 3.8) is 0 Å². The van der Waals surface area contributed by atoms with Gasteiger partial charge >= 0.3 is 0 Å². The van der Waals surface area contributed by atoms with Crippen LogP contribution in [0.4, 0.5) is 0 Å². The normalized spacial score (nSPS) is 51.7. The molecule has 2 saturated heterocycles. The lowest BCUT2D eigenvalue weighted by Gasteiger charge is -2.44. The molecule has 2 aliphatic rings. The number of aliphatic hydroxyl groups is 8. The molecule has 10 nitrogen and oxygen atoms in total. The Hall–Kier alpha value is -0.0500. The van der Waals surface area contributed by atoms with E-state index >= 15 is 0 Å². The van der Waals surface area contributed by atoms with E-state index in [2.05, 4.69) is 0 Å². The molecule has 23 heavy (non-hydrogen) atoms. The number of ether oxygens (including phenoxy) is 2. The first-order chi connectivity index (χ1) is 10.8. The van der Waals surface area contributed by atoms with E-state index in [4.69, 9.17) is 19.7 Å². The third-order valence-corrected chi connectivity index (χ3v) is 5.28. The summed E-state index contributed by atoms with van der Waals surface area (Å²) in [5, 5.41) is 77.0. The molecular formula is C12H22O10S. The van der Waals surface area contributed by atoms with Crippen LogP contribution in [0, 0.1) is 0 Å². The summed E-state index contributed by atoms with van der Waals surface area (Å²) in [6.07, 6.45) is -11.5. The maximum atomic E-state index is 9.94. The van der Waals surface area contributed by atoms with Gasteiger partial charge in [-0.25, -0.2) is 0 Å². The summed E-state index contributed by atoms with van der Waals surface area (Å²) in [5.41, 5.74) is -2.35. The molecule has 0 radical (unpaired) electrons. The Balaban J connectivity index is 2.07. The standard InChI is InChI=1S/C12H22O10S/c13-1-3-5(15)7(17)9(19)11(21-3)23-12-10(20)8(18)6(16)4(2-14)22-12/h3-20H,1-2H2/t3?,4?,5-,6-,7?,8?,9?,10?,11-,12-/m0/s1. The van der Waals surface area contributed by atoms with Crippen molar-refractivity contribution in [3.05, 3.63) is 0 Å². The molecule has 0 saturated carbocycles. The average molecular weight is 358 g/mol. The first-order valence-electron chi connectivity index (χ1n) is 7.08. The van der Waals surface area contributed by atoms with Crippen molar-refractivity contribution in [2.75, 3.05) is 13.2 Å². The van der Waals surface area contributed by atoms with Crippen molar-refractivity contribution in [2.24, 2.45) is 0 Å². The van der Waals surface area contributed by atoms with Crippen molar-refractivity contribution in [1.82, 2.24) is 0 Å². The largest absolute Gasteiger partial charge is 0.394 e. The number of rotatable bonds is 4. The summed E-state index contributed by atoms with van der Waals surface area (Å²) in [6, 6.07) is 0. The topological polar surface area (TPSA) is 180 Å². The van der Waals surface area contributed by atoms with E-state index < -0.39 is 72.9 Å². The molecule has 10 atom stereocenters. The maximum Gasteiger partial charge on any atom is 0.134 e. The van der Waals surface area contributed by atoms with E-state index in [1.165, 1.54) is 0 Å². The zero-order valence-corrected chi connectivity index (χ0v) is 12.8. The minimum atomic E-state index is -1.58. The minimum Gasteiger partial charge on any atom is -0.394 e. The minimum absolute atomic E-state index is 0.601. The fourth-order valence-corrected chi connectivity index (χ4v) is 3.81. The van der Waals surface area contributed by atoms with E-state index in [1.54, 1.807) is 0 Å². The molecule has 2 heterocycles. The fraction of sp³-hybridized carbons (Fsp3) is 1.00. The SMILES string of the molecule is OCC1O[C@@H](S[C@@H]2OC(CO)[C@H](O)C(O)C2O)C(O)C(O)[C@H]1O. The molecule has 0 aliphatic carbocycles. The van der Waals surface area contributed by atoms with Gasteiger partial charge < -0.3 is 50.3 Å². The molecule has 11 heteroatoms. The summed E-state index contributed by atoms with van der Waals surface area (Å²) in [6.45, 7) is -1.20. The number of hydrogen-bond donors (Lipinski definition) is 8. The third-order valence-electron chi connectivity index (χ3n) is 3.97. The quantitative estimate of drug-likeness (QED) is 0.242. The molecule has 2 aliphatic heterocycles. The molecule has 0 aromatic heterocycles. The van der Waals surface area contributed by atoms with Gasteiger partial charge in [-0.15, -0.1) is 0 Å². The molecule has 0 spiro atoms. The van der Waals surface area contributed by atoms with Gasteiger partial charge in [0.2, 0.25) is 0 Å². The lowest BCUT2D eigenvalue weighted by molar-refractivity contribution is -0.214. The van der Waals surface area contributed by atoms with E-state index in [9.17, 15) is 30.6 Å². The van der Waals surface area contributed by atoms with Gasteiger partial charge in [0.25, 0.3) is 0 Å². The second-order valence-electron chi connectivity index (χ2n) is 5.53. The second-order valence-corrected chi connectivity index (χ2v) is 6.73. The Morgan fingerprint density at radius 3 is 1.22 bits per heavy atom. The highest BCUT2D eigenvalue weighted by molar-refractivity contribution is 8.00. The van der Waals surface area contributed by atoms with Crippen LogP contribution in [0.3, 0.4) is 0 Å². The first-order valence-corrected chi connectivity index (χ1v) is 8.02. The van der Waals surface area contributed by atoms with Crippen molar-refractivity contribution in [3.8, 4) is 0 Å². The molecular weight excluding hydrogens is 336 g/mol. The van der Waals surface area contributed by atoms with Gasteiger partial charge in [0.1, 0.15) is 59.7 Å². The zero-order valence-electron chi connectivity index (χ0n) is 12.0. The molecule has 6 unspecified atom stereocenters. The van der Waals surface area contributed by atoms with Crippen molar-refractivity contribution >= 4 is 11.8 Å². The fourth-order valence-electron chi connectivity index (χ4n) is 2.49. The molecule has 0 amide bonds. The van der Waals surface area contributed by atoms with Crippen LogP contribution in [-0.4, -0.2) is 114 Å². The number of hydrogen-bond acceptors (Lipinski definition) is 11. The van der Waals surface area contributed by atoms with Crippen LogP contribution in [0.1, 0.15) is 0 Å². The summed E-state index contributed by atoms with van der Waals surface area (Å²) in [7, 11) is 0. The maximum absolute atomic E-state index is 9.94. The smallest absolute Gasteiger partial charge is 0.134 e. The van der Waals surface area contributed by atoms with Crippen LogP contribution < -0.4 is 0 Å². The van der Waals surface area contributed by atoms with Gasteiger partial charge in [0.05, 0.1) is 13.2 Å². The Morgan fingerprint density at radius 2 is 0.913 bits per heavy atom. The average Bonchev–Trinajstić information content (AvgIpc) is 2.55. The van der Waals surface area contributed by atoms with Crippen LogP contribution in [0.2, 0.25) is 0 Å². The van der Waals surface area contributed by atoms with Crippen molar-refractivity contribution < 1.29 is 50.3 Å². The zero-order chi connectivity index (χ0) is 17.3. The van der Waals surface area contributed by atoms with Gasteiger partial charge in [-0.05, 0) is 0 Å². The van der Waals surface area contributed by atoms with Gasteiger partial charge in [0.15, 0.2) is 0 Å². The van der Waals surface area contributed by atoms with Crippen molar-refractivity contribution in [1.29, 1.82) is 0 Å². The van der Waals surface area contributed by atoms with Crippen LogP contribution in [0.25, 0.3) is 0 Å². The molecule has 8 N–H and O–H groups in total. The Bertz CT molecular complexity index is 349. The summed E-state index contributed by atoms with van der Waals surface area (Å²) >= 11 is 0.699. The lowest BCUT2D eigenvalue weighted by Crippen LogP contribution is -2.60. The van der Waals surface area contributed by atoms with E-state index in [0.29, 0.717) is 11.8 Å². The number of aliphatic hydroxyl groups excluding tert-OH is 8. The highest BCUT2D eigenvalue weighted by atomic mass is 32.2. The van der Waals surface area contributed by atoms with Gasteiger partial charge in [-0.3, -0.25) is 0 Å². The Morgan fingerprint density at radius 1 is 0.565 bits per heavy atom. The van der Waals surface area contributed by atoms with Crippen LogP contribution in [0.15, 0.2) is 0 Å². The van der Waals surface area contributed by atoms with Gasteiger partial charge in [0, 0.05) is 0 Å².